The first kappa shape index (κ1) is 19.5. The molecule has 6 nitrogen and oxygen atoms in total. The molecule has 0 fully saturated rings. The van der Waals surface area contributed by atoms with E-state index in [9.17, 15) is 14.7 Å². The van der Waals surface area contributed by atoms with E-state index in [1.54, 1.807) is 30.5 Å². The standard InChI is InChI=1S/C22H23N3O3/c1-24(2)14-15-25-20(17-10-6-7-13-23-17)19(21(27)22(25)28)18(26)12-11-16-8-4-3-5-9-16/h3-13,20,27H,14-15H2,1-2H3/b12-11+. The highest BCUT2D eigenvalue weighted by molar-refractivity contribution is 6.14. The Kier molecular flexibility index (Phi) is 6.01. The quantitative estimate of drug-likeness (QED) is 0.751. The zero-order chi connectivity index (χ0) is 20.1. The van der Waals surface area contributed by atoms with Gasteiger partial charge in [0.1, 0.15) is 6.04 Å². The Hall–Kier alpha value is -3.25. The number of allylic oxidation sites excluding steroid dienone is 1. The van der Waals surface area contributed by atoms with Gasteiger partial charge in [0.2, 0.25) is 0 Å². The summed E-state index contributed by atoms with van der Waals surface area (Å²) in [6.45, 7) is 0.972. The molecule has 0 spiro atoms. The molecule has 1 N–H and O–H groups in total. The minimum atomic E-state index is -0.707. The Bertz CT molecular complexity index is 905. The number of ketones is 1. The molecule has 1 aliphatic heterocycles. The third-order valence-corrected chi connectivity index (χ3v) is 4.55. The Morgan fingerprint density at radius 1 is 1.18 bits per heavy atom. The van der Waals surface area contributed by atoms with Crippen LogP contribution in [0.5, 0.6) is 0 Å². The monoisotopic (exact) mass is 377 g/mol. The Labute approximate surface area is 164 Å². The molecule has 1 aliphatic rings. The number of aromatic nitrogens is 1. The van der Waals surface area contributed by atoms with Crippen molar-refractivity contribution in [3.8, 4) is 0 Å². The van der Waals surface area contributed by atoms with Gasteiger partial charge in [-0.25, -0.2) is 0 Å². The van der Waals surface area contributed by atoms with Crippen LogP contribution in [-0.2, 0) is 9.59 Å². The normalized spacial score (nSPS) is 17.2. The average Bonchev–Trinajstić information content (AvgIpc) is 2.96. The van der Waals surface area contributed by atoms with Crippen molar-refractivity contribution in [3.63, 3.8) is 0 Å². The number of hydrogen-bond acceptors (Lipinski definition) is 5. The van der Waals surface area contributed by atoms with Gasteiger partial charge in [0.25, 0.3) is 5.91 Å². The zero-order valence-electron chi connectivity index (χ0n) is 15.9. The molecule has 0 aliphatic carbocycles. The van der Waals surface area contributed by atoms with Gasteiger partial charge in [-0.2, -0.15) is 0 Å². The SMILES string of the molecule is CN(C)CCN1C(=O)C(O)=C(C(=O)/C=C/c2ccccc2)C1c1ccccn1. The maximum absolute atomic E-state index is 12.9. The molecule has 1 aromatic heterocycles. The van der Waals surface area contributed by atoms with E-state index in [1.165, 1.54) is 11.0 Å². The molecule has 1 amide bonds. The number of hydrogen-bond donors (Lipinski definition) is 1. The summed E-state index contributed by atoms with van der Waals surface area (Å²) in [5.74, 6) is -1.45. The fourth-order valence-electron chi connectivity index (χ4n) is 3.11. The number of carbonyl (C=O) groups is 2. The van der Waals surface area contributed by atoms with Gasteiger partial charge >= 0.3 is 0 Å². The van der Waals surface area contributed by atoms with Crippen molar-refractivity contribution in [3.05, 3.63) is 83.4 Å². The van der Waals surface area contributed by atoms with E-state index in [1.807, 2.05) is 49.3 Å². The van der Waals surface area contributed by atoms with Crippen molar-refractivity contribution in [2.75, 3.05) is 27.2 Å². The predicted octanol–water partition coefficient (Wildman–Crippen LogP) is 2.62. The van der Waals surface area contributed by atoms with Crippen molar-refractivity contribution < 1.29 is 14.7 Å². The van der Waals surface area contributed by atoms with Crippen molar-refractivity contribution in [2.45, 2.75) is 6.04 Å². The molecule has 0 radical (unpaired) electrons. The second-order valence-corrected chi connectivity index (χ2v) is 6.83. The van der Waals surface area contributed by atoms with Gasteiger partial charge in [0.15, 0.2) is 11.5 Å². The maximum atomic E-state index is 12.9. The van der Waals surface area contributed by atoms with Crippen molar-refractivity contribution >= 4 is 17.8 Å². The third kappa shape index (κ3) is 4.18. The number of rotatable bonds is 7. The molecule has 144 valence electrons. The molecule has 28 heavy (non-hydrogen) atoms. The highest BCUT2D eigenvalue weighted by Crippen LogP contribution is 2.36. The lowest BCUT2D eigenvalue weighted by Gasteiger charge is -2.27. The third-order valence-electron chi connectivity index (χ3n) is 4.55. The molecule has 1 unspecified atom stereocenters. The highest BCUT2D eigenvalue weighted by Gasteiger charge is 2.43. The Balaban J connectivity index is 1.95. The summed E-state index contributed by atoms with van der Waals surface area (Å²) < 4.78 is 0. The summed E-state index contributed by atoms with van der Waals surface area (Å²) in [5.41, 5.74) is 1.48. The first-order valence-electron chi connectivity index (χ1n) is 9.06. The number of benzene rings is 1. The summed E-state index contributed by atoms with van der Waals surface area (Å²) in [6, 6.07) is 14.0. The number of aliphatic hydroxyl groups is 1. The minimum absolute atomic E-state index is 0.0645. The van der Waals surface area contributed by atoms with Gasteiger partial charge < -0.3 is 14.9 Å². The van der Waals surface area contributed by atoms with Crippen molar-refractivity contribution in [1.82, 2.24) is 14.8 Å². The predicted molar refractivity (Wildman–Crippen MR) is 107 cm³/mol. The Morgan fingerprint density at radius 3 is 2.54 bits per heavy atom. The fourth-order valence-corrected chi connectivity index (χ4v) is 3.11. The van der Waals surface area contributed by atoms with Gasteiger partial charge in [-0.15, -0.1) is 0 Å². The van der Waals surface area contributed by atoms with Crippen LogP contribution in [0.3, 0.4) is 0 Å². The molecule has 3 rings (SSSR count). The summed E-state index contributed by atoms with van der Waals surface area (Å²) in [5, 5.41) is 10.5. The second kappa shape index (κ2) is 8.63. The van der Waals surface area contributed by atoms with Crippen LogP contribution in [0.4, 0.5) is 0 Å². The van der Waals surface area contributed by atoms with Crippen LogP contribution >= 0.6 is 0 Å². The molecule has 1 aromatic carbocycles. The van der Waals surface area contributed by atoms with Crippen LogP contribution in [0.2, 0.25) is 0 Å². The first-order chi connectivity index (χ1) is 13.5. The maximum Gasteiger partial charge on any atom is 0.290 e. The largest absolute Gasteiger partial charge is 0.503 e. The summed E-state index contributed by atoms with van der Waals surface area (Å²) >= 11 is 0. The molecular weight excluding hydrogens is 354 g/mol. The van der Waals surface area contributed by atoms with Crippen LogP contribution in [0.25, 0.3) is 6.08 Å². The number of pyridine rings is 1. The minimum Gasteiger partial charge on any atom is -0.503 e. The van der Waals surface area contributed by atoms with Crippen LogP contribution < -0.4 is 0 Å². The first-order valence-corrected chi connectivity index (χ1v) is 9.06. The van der Waals surface area contributed by atoms with Gasteiger partial charge in [-0.3, -0.25) is 14.6 Å². The van der Waals surface area contributed by atoms with Gasteiger partial charge in [0.05, 0.1) is 11.3 Å². The molecular formula is C22H23N3O3. The summed E-state index contributed by atoms with van der Waals surface area (Å²) in [4.78, 5) is 33.4. The zero-order valence-corrected chi connectivity index (χ0v) is 15.9. The van der Waals surface area contributed by atoms with Crippen LogP contribution in [-0.4, -0.2) is 58.8 Å². The number of nitrogens with zero attached hydrogens (tertiary/aromatic N) is 3. The molecule has 0 saturated carbocycles. The summed E-state index contributed by atoms with van der Waals surface area (Å²) in [7, 11) is 3.80. The van der Waals surface area contributed by atoms with E-state index in [0.717, 1.165) is 5.56 Å². The molecule has 0 saturated heterocycles. The van der Waals surface area contributed by atoms with E-state index in [2.05, 4.69) is 4.98 Å². The van der Waals surface area contributed by atoms with E-state index < -0.39 is 23.5 Å². The highest BCUT2D eigenvalue weighted by atomic mass is 16.3. The summed E-state index contributed by atoms with van der Waals surface area (Å²) in [6.07, 6.45) is 4.67. The number of aliphatic hydroxyl groups excluding tert-OH is 1. The topological polar surface area (TPSA) is 73.7 Å². The number of likely N-dealkylation sites (N-methyl/N-ethyl adjacent to an activating group) is 1. The molecule has 6 heteroatoms. The number of carbonyl (C=O) groups excluding carboxylic acids is 2. The van der Waals surface area contributed by atoms with E-state index in [0.29, 0.717) is 18.8 Å². The van der Waals surface area contributed by atoms with E-state index in [-0.39, 0.29) is 5.57 Å². The van der Waals surface area contributed by atoms with E-state index in [4.69, 9.17) is 0 Å². The number of amides is 1. The lowest BCUT2D eigenvalue weighted by molar-refractivity contribution is -0.129. The lowest BCUT2D eigenvalue weighted by atomic mass is 9.99. The van der Waals surface area contributed by atoms with E-state index >= 15 is 0 Å². The molecule has 2 heterocycles. The molecule has 0 bridgehead atoms. The van der Waals surface area contributed by atoms with Crippen LogP contribution in [0.1, 0.15) is 17.3 Å². The molecule has 1 atom stereocenters. The van der Waals surface area contributed by atoms with Crippen LogP contribution in [0, 0.1) is 0 Å². The van der Waals surface area contributed by atoms with Gasteiger partial charge in [-0.05, 0) is 37.9 Å². The second-order valence-electron chi connectivity index (χ2n) is 6.83. The van der Waals surface area contributed by atoms with Gasteiger partial charge in [-0.1, -0.05) is 42.5 Å². The fraction of sp³-hybridized carbons (Fsp3) is 0.227. The lowest BCUT2D eigenvalue weighted by Crippen LogP contribution is -2.36. The average molecular weight is 377 g/mol. The molecule has 2 aromatic rings. The van der Waals surface area contributed by atoms with Gasteiger partial charge in [0, 0.05) is 19.3 Å². The van der Waals surface area contributed by atoms with Crippen molar-refractivity contribution in [1.29, 1.82) is 0 Å². The van der Waals surface area contributed by atoms with Crippen molar-refractivity contribution in [2.24, 2.45) is 0 Å². The Morgan fingerprint density at radius 2 is 1.89 bits per heavy atom. The van der Waals surface area contributed by atoms with Crippen LogP contribution in [0.15, 0.2) is 72.1 Å². The smallest absolute Gasteiger partial charge is 0.290 e.